The predicted octanol–water partition coefficient (Wildman–Crippen LogP) is 4.33. The molecule has 2 unspecified atom stereocenters. The van der Waals surface area contributed by atoms with Gasteiger partial charge in [-0.05, 0) is 54.3 Å². The summed E-state index contributed by atoms with van der Waals surface area (Å²) in [7, 11) is 0. The van der Waals surface area contributed by atoms with Gasteiger partial charge in [0.25, 0.3) is 0 Å². The highest BCUT2D eigenvalue weighted by Gasteiger charge is 2.56. The summed E-state index contributed by atoms with van der Waals surface area (Å²) in [6.07, 6.45) is 4.13. The Labute approximate surface area is 118 Å². The average Bonchev–Trinajstić information content (AvgIpc) is 3.10. The van der Waals surface area contributed by atoms with E-state index in [4.69, 9.17) is 0 Å². The van der Waals surface area contributed by atoms with E-state index in [-0.39, 0.29) is 0 Å². The van der Waals surface area contributed by atoms with Crippen LogP contribution >= 0.6 is 15.9 Å². The first-order valence-corrected chi connectivity index (χ1v) is 7.81. The SMILES string of the molecule is CC1(C2(C)CCNCC2c2cccc(Br)c2)CC1. The third kappa shape index (κ3) is 1.94. The number of nitrogens with one attached hydrogen (secondary N) is 1. The van der Waals surface area contributed by atoms with Crippen molar-refractivity contribution >= 4 is 15.9 Å². The molecule has 2 atom stereocenters. The molecule has 1 aliphatic carbocycles. The van der Waals surface area contributed by atoms with Gasteiger partial charge in [0.05, 0.1) is 0 Å². The molecule has 98 valence electrons. The Bertz CT molecular complexity index is 452. The Morgan fingerprint density at radius 1 is 1.22 bits per heavy atom. The van der Waals surface area contributed by atoms with Gasteiger partial charge in [-0.25, -0.2) is 0 Å². The number of piperidine rings is 1. The van der Waals surface area contributed by atoms with Gasteiger partial charge in [0, 0.05) is 16.9 Å². The van der Waals surface area contributed by atoms with Crippen molar-refractivity contribution in [2.24, 2.45) is 10.8 Å². The molecule has 2 heteroatoms. The zero-order valence-electron chi connectivity index (χ0n) is 11.3. The minimum atomic E-state index is 0.457. The molecule has 18 heavy (non-hydrogen) atoms. The van der Waals surface area contributed by atoms with E-state index in [2.05, 4.69) is 59.4 Å². The smallest absolute Gasteiger partial charge is 0.0178 e. The monoisotopic (exact) mass is 307 g/mol. The quantitative estimate of drug-likeness (QED) is 0.857. The summed E-state index contributed by atoms with van der Waals surface area (Å²) in [6, 6.07) is 8.90. The molecule has 3 rings (SSSR count). The molecule has 1 saturated heterocycles. The molecule has 0 bridgehead atoms. The Morgan fingerprint density at radius 2 is 2.00 bits per heavy atom. The topological polar surface area (TPSA) is 12.0 Å². The first-order valence-electron chi connectivity index (χ1n) is 7.01. The van der Waals surface area contributed by atoms with Gasteiger partial charge in [-0.3, -0.25) is 0 Å². The van der Waals surface area contributed by atoms with Gasteiger partial charge in [-0.15, -0.1) is 0 Å². The lowest BCUT2D eigenvalue weighted by Gasteiger charge is -2.47. The Hall–Kier alpha value is -0.340. The highest BCUT2D eigenvalue weighted by Crippen LogP contribution is 2.65. The molecule has 0 aromatic heterocycles. The highest BCUT2D eigenvalue weighted by atomic mass is 79.9. The van der Waals surface area contributed by atoms with Gasteiger partial charge in [0.2, 0.25) is 0 Å². The average molecular weight is 308 g/mol. The van der Waals surface area contributed by atoms with Crippen LogP contribution in [-0.2, 0) is 0 Å². The van der Waals surface area contributed by atoms with E-state index in [1.165, 1.54) is 35.8 Å². The van der Waals surface area contributed by atoms with Crippen LogP contribution in [0.25, 0.3) is 0 Å². The van der Waals surface area contributed by atoms with Gasteiger partial charge in [0.1, 0.15) is 0 Å². The number of halogens is 1. The third-order valence-corrected chi connectivity index (χ3v) is 6.06. The lowest BCUT2D eigenvalue weighted by Crippen LogP contribution is -2.46. The first-order chi connectivity index (χ1) is 8.55. The van der Waals surface area contributed by atoms with E-state index in [1.807, 2.05) is 0 Å². The summed E-state index contributed by atoms with van der Waals surface area (Å²) in [5.41, 5.74) is 2.52. The number of hydrogen-bond acceptors (Lipinski definition) is 1. The zero-order chi connectivity index (χ0) is 12.8. The predicted molar refractivity (Wildman–Crippen MR) is 79.8 cm³/mol. The molecule has 0 radical (unpaired) electrons. The van der Waals surface area contributed by atoms with Crippen molar-refractivity contribution in [3.8, 4) is 0 Å². The summed E-state index contributed by atoms with van der Waals surface area (Å²) in [4.78, 5) is 0. The standard InChI is InChI=1S/C16H22BrN/c1-15(6-7-15)16(2)8-9-18-11-14(16)12-4-3-5-13(17)10-12/h3-5,10,14,18H,6-9,11H2,1-2H3. The second-order valence-electron chi connectivity index (χ2n) is 6.54. The third-order valence-electron chi connectivity index (χ3n) is 5.57. The van der Waals surface area contributed by atoms with Crippen LogP contribution in [0.5, 0.6) is 0 Å². The number of benzene rings is 1. The van der Waals surface area contributed by atoms with Gasteiger partial charge in [0.15, 0.2) is 0 Å². The summed E-state index contributed by atoms with van der Waals surface area (Å²) < 4.78 is 1.20. The van der Waals surface area contributed by atoms with Gasteiger partial charge in [-0.2, -0.15) is 0 Å². The van der Waals surface area contributed by atoms with Crippen molar-refractivity contribution in [3.05, 3.63) is 34.3 Å². The number of hydrogen-bond donors (Lipinski definition) is 1. The maximum atomic E-state index is 3.61. The fourth-order valence-corrected chi connectivity index (χ4v) is 4.10. The second kappa shape index (κ2) is 4.35. The fourth-order valence-electron chi connectivity index (χ4n) is 3.68. The first kappa shape index (κ1) is 12.7. The molecule has 0 amide bonds. The normalized spacial score (nSPS) is 34.3. The van der Waals surface area contributed by atoms with Crippen LogP contribution in [0, 0.1) is 10.8 Å². The summed E-state index contributed by atoms with van der Waals surface area (Å²) in [6.45, 7) is 7.31. The molecule has 1 aromatic carbocycles. The van der Waals surface area contributed by atoms with Crippen LogP contribution in [0.4, 0.5) is 0 Å². The minimum Gasteiger partial charge on any atom is -0.316 e. The van der Waals surface area contributed by atoms with Gasteiger partial charge < -0.3 is 5.32 Å². The Balaban J connectivity index is 1.97. The number of rotatable bonds is 2. The lowest BCUT2D eigenvalue weighted by molar-refractivity contribution is 0.0912. The van der Waals surface area contributed by atoms with Crippen molar-refractivity contribution in [3.63, 3.8) is 0 Å². The maximum Gasteiger partial charge on any atom is 0.0178 e. The van der Waals surface area contributed by atoms with Crippen LogP contribution in [0.3, 0.4) is 0 Å². The van der Waals surface area contributed by atoms with Crippen LogP contribution in [0.1, 0.15) is 44.6 Å². The molecule has 1 nitrogen and oxygen atoms in total. The Morgan fingerprint density at radius 3 is 2.67 bits per heavy atom. The molecule has 0 spiro atoms. The van der Waals surface area contributed by atoms with E-state index < -0.39 is 0 Å². The van der Waals surface area contributed by atoms with Crippen LogP contribution in [-0.4, -0.2) is 13.1 Å². The minimum absolute atomic E-state index is 0.457. The maximum absolute atomic E-state index is 3.61. The molecule has 1 saturated carbocycles. The zero-order valence-corrected chi connectivity index (χ0v) is 12.9. The van der Waals surface area contributed by atoms with Crippen molar-refractivity contribution in [2.75, 3.05) is 13.1 Å². The fraction of sp³-hybridized carbons (Fsp3) is 0.625. The van der Waals surface area contributed by atoms with Crippen LogP contribution < -0.4 is 5.32 Å². The Kier molecular flexibility index (Phi) is 3.06. The van der Waals surface area contributed by atoms with E-state index in [9.17, 15) is 0 Å². The van der Waals surface area contributed by atoms with E-state index in [1.54, 1.807) is 0 Å². The van der Waals surface area contributed by atoms with Crippen LogP contribution in [0.15, 0.2) is 28.7 Å². The summed E-state index contributed by atoms with van der Waals surface area (Å²) in [5, 5.41) is 3.59. The van der Waals surface area contributed by atoms with E-state index in [0.717, 1.165) is 6.54 Å². The second-order valence-corrected chi connectivity index (χ2v) is 7.46. The lowest BCUT2D eigenvalue weighted by atomic mass is 9.61. The summed E-state index contributed by atoms with van der Waals surface area (Å²) >= 11 is 3.61. The van der Waals surface area contributed by atoms with Crippen molar-refractivity contribution < 1.29 is 0 Å². The molecule has 1 N–H and O–H groups in total. The van der Waals surface area contributed by atoms with Gasteiger partial charge >= 0.3 is 0 Å². The molecule has 2 aliphatic rings. The molecule has 1 aliphatic heterocycles. The van der Waals surface area contributed by atoms with Crippen molar-refractivity contribution in [2.45, 2.75) is 39.0 Å². The highest BCUT2D eigenvalue weighted by molar-refractivity contribution is 9.10. The molecule has 1 aromatic rings. The molecule has 1 heterocycles. The summed E-state index contributed by atoms with van der Waals surface area (Å²) in [5.74, 6) is 0.649. The van der Waals surface area contributed by atoms with Gasteiger partial charge in [-0.1, -0.05) is 41.9 Å². The van der Waals surface area contributed by atoms with E-state index >= 15 is 0 Å². The van der Waals surface area contributed by atoms with Crippen molar-refractivity contribution in [1.29, 1.82) is 0 Å². The van der Waals surface area contributed by atoms with E-state index in [0.29, 0.717) is 16.7 Å². The van der Waals surface area contributed by atoms with Crippen LogP contribution in [0.2, 0.25) is 0 Å². The molecular weight excluding hydrogens is 286 g/mol. The molecular formula is C16H22BrN. The van der Waals surface area contributed by atoms with Crippen molar-refractivity contribution in [1.82, 2.24) is 5.32 Å². The largest absolute Gasteiger partial charge is 0.316 e. The molecule has 2 fully saturated rings.